The summed E-state index contributed by atoms with van der Waals surface area (Å²) in [5.74, 6) is 0.783. The van der Waals surface area contributed by atoms with Crippen molar-refractivity contribution in [3.8, 4) is 0 Å². The van der Waals surface area contributed by atoms with Gasteiger partial charge in [0.25, 0.3) is 11.5 Å². The van der Waals surface area contributed by atoms with Gasteiger partial charge in [-0.1, -0.05) is 96.7 Å². The van der Waals surface area contributed by atoms with Gasteiger partial charge < -0.3 is 40.4 Å². The minimum atomic E-state index is -0.548. The molecule has 4 saturated heterocycles. The van der Waals surface area contributed by atoms with Crippen LogP contribution in [-0.2, 0) is 25.6 Å². The normalized spacial score (nSPS) is 19.2. The van der Waals surface area contributed by atoms with E-state index in [1.165, 1.54) is 31.4 Å². The number of amides is 5. The molecule has 5 amide bonds. The lowest BCUT2D eigenvalue weighted by Gasteiger charge is -2.39. The number of rotatable bonds is 23. The van der Waals surface area contributed by atoms with Gasteiger partial charge in [0, 0.05) is 115 Å². The summed E-state index contributed by atoms with van der Waals surface area (Å²) < 4.78 is 13.3. The predicted octanol–water partition coefficient (Wildman–Crippen LogP) is 7.29. The van der Waals surface area contributed by atoms with Crippen molar-refractivity contribution in [1.82, 2.24) is 60.4 Å². The number of carbonyl (C=O) groups is 6. The average Bonchev–Trinajstić information content (AvgIpc) is 2.83. The number of piperidine rings is 2. The second-order valence-electron chi connectivity index (χ2n) is 25.2. The Morgan fingerprint density at radius 3 is 2.20 bits per heavy atom. The third-order valence-corrected chi connectivity index (χ3v) is 18.5. The van der Waals surface area contributed by atoms with Crippen molar-refractivity contribution < 1.29 is 33.2 Å². The minimum Gasteiger partial charge on any atom is -0.346 e. The van der Waals surface area contributed by atoms with Crippen LogP contribution in [0.5, 0.6) is 0 Å². The monoisotopic (exact) mass is 1250 g/mol. The summed E-state index contributed by atoms with van der Waals surface area (Å²) in [6.45, 7) is 24.5. The Labute approximate surface area is 535 Å². The summed E-state index contributed by atoms with van der Waals surface area (Å²) in [5.41, 5.74) is 2.81. The van der Waals surface area contributed by atoms with E-state index in [9.17, 15) is 38.0 Å². The molecule has 1 aromatic heterocycles. The number of aromatic nitrogens is 2. The molecule has 9 rings (SSSR count). The average molecular weight is 1250 g/mol. The molecule has 4 unspecified atom stereocenters. The summed E-state index contributed by atoms with van der Waals surface area (Å²) in [6.07, 6.45) is 13.1. The third-order valence-electron chi connectivity index (χ3n) is 18.5. The van der Waals surface area contributed by atoms with Gasteiger partial charge in [0.05, 0.1) is 29.7 Å². The van der Waals surface area contributed by atoms with Gasteiger partial charge in [0.15, 0.2) is 6.29 Å². The number of likely N-dealkylation sites (N-methyl/N-ethyl adjacent to an activating group) is 2. The number of nitrogens with zero attached hydrogens (tertiary/aromatic N) is 8. The smallest absolute Gasteiger partial charge is 0.272 e. The van der Waals surface area contributed by atoms with Gasteiger partial charge in [-0.05, 0) is 144 Å². The van der Waals surface area contributed by atoms with Crippen LogP contribution in [0.25, 0.3) is 10.8 Å². The highest BCUT2D eigenvalue weighted by Gasteiger charge is 2.36. The summed E-state index contributed by atoms with van der Waals surface area (Å²) in [6, 6.07) is 18.8. The van der Waals surface area contributed by atoms with Gasteiger partial charge in [-0.2, -0.15) is 5.10 Å². The Hall–Kier alpha value is -6.45. The van der Waals surface area contributed by atoms with Crippen molar-refractivity contribution in [3.05, 3.63) is 111 Å². The molecule has 1 aliphatic carbocycles. The molecule has 19 nitrogen and oxygen atoms in total. The summed E-state index contributed by atoms with van der Waals surface area (Å²) >= 11 is 0. The molecule has 4 aliphatic heterocycles. The minimum absolute atomic E-state index is 0.0150. The summed E-state index contributed by atoms with van der Waals surface area (Å²) in [4.78, 5) is 104. The number of carbonyl (C=O) groups excluding carboxylic acids is 6. The van der Waals surface area contributed by atoms with Gasteiger partial charge in [-0.3, -0.25) is 43.4 Å². The van der Waals surface area contributed by atoms with Crippen molar-refractivity contribution >= 4 is 46.6 Å². The Morgan fingerprint density at radius 2 is 1.52 bits per heavy atom. The Morgan fingerprint density at radius 1 is 0.800 bits per heavy atom. The van der Waals surface area contributed by atoms with Crippen LogP contribution in [0.4, 0.5) is 4.39 Å². The SMILES string of the molecule is CC.CCCCNC.CCN(CCC(C)CN1CCN(C(=O)C(NC(=O)c2cccc(C3CCCN(C(=O)CNCC4CCN(C)C(=O)C4)C3)c2)C2CCCCC2)CC1)CC(=O)N1CCN(C)CC1.O=Cc1cc(Cc2n[nH]c(=O)c3ccccc23)ccc1F. The van der Waals surface area contributed by atoms with Crippen LogP contribution < -0.4 is 21.5 Å². The molecule has 5 fully saturated rings. The first-order chi connectivity index (χ1) is 43.6. The summed E-state index contributed by atoms with van der Waals surface area (Å²) in [5, 5.41) is 17.5. The number of likely N-dealkylation sites (tertiary alicyclic amines) is 2. The molecule has 20 heteroatoms. The number of H-pyrrole nitrogens is 1. The lowest BCUT2D eigenvalue weighted by molar-refractivity contribution is -0.137. The fraction of sp³-hybridized carbons (Fsp3) is 0.629. The highest BCUT2D eigenvalue weighted by molar-refractivity contribution is 5.98. The van der Waals surface area contributed by atoms with Gasteiger partial charge in [0.2, 0.25) is 23.6 Å². The van der Waals surface area contributed by atoms with Crippen LogP contribution in [0, 0.1) is 23.6 Å². The first-order valence-corrected chi connectivity index (χ1v) is 33.7. The van der Waals surface area contributed by atoms with E-state index >= 15 is 0 Å². The summed E-state index contributed by atoms with van der Waals surface area (Å²) in [7, 11) is 5.93. The molecule has 1 saturated carbocycles. The highest BCUT2D eigenvalue weighted by atomic mass is 19.1. The number of nitrogens with one attached hydrogen (secondary N) is 4. The van der Waals surface area contributed by atoms with Crippen LogP contribution in [-0.4, -0.2) is 225 Å². The first-order valence-electron chi connectivity index (χ1n) is 33.7. The number of unbranched alkanes of at least 4 members (excludes halogenated alkanes) is 1. The zero-order valence-electron chi connectivity index (χ0n) is 55.5. The molecule has 496 valence electrons. The number of aromatic amines is 1. The molecule has 4 aromatic rings. The van der Waals surface area contributed by atoms with Crippen LogP contribution >= 0.6 is 0 Å². The molecule has 5 heterocycles. The van der Waals surface area contributed by atoms with Crippen molar-refractivity contribution in [2.24, 2.45) is 17.8 Å². The zero-order chi connectivity index (χ0) is 65.0. The number of hydrogen-bond acceptors (Lipinski definition) is 13. The van der Waals surface area contributed by atoms with Crippen molar-refractivity contribution in [3.63, 3.8) is 0 Å². The van der Waals surface area contributed by atoms with Crippen molar-refractivity contribution in [2.75, 3.05) is 139 Å². The predicted molar refractivity (Wildman–Crippen MR) is 356 cm³/mol. The Balaban J connectivity index is 0.000000364. The van der Waals surface area contributed by atoms with Crippen LogP contribution in [0.3, 0.4) is 0 Å². The molecule has 0 radical (unpaired) electrons. The van der Waals surface area contributed by atoms with Crippen molar-refractivity contribution in [1.29, 1.82) is 0 Å². The molecule has 90 heavy (non-hydrogen) atoms. The number of halogens is 1. The largest absolute Gasteiger partial charge is 0.346 e. The maximum Gasteiger partial charge on any atom is 0.272 e. The zero-order valence-corrected chi connectivity index (χ0v) is 55.5. The maximum absolute atomic E-state index is 14.3. The Bertz CT molecular complexity index is 2940. The standard InChI is InChI=1S/C47H77N9O5.C16H11FN2O2.C5H13N.C2H6/c1-5-52(35-44(59)54-25-21-50(3)22-26-54)20-16-36(2)33-53-23-27-55(28-24-53)47(61)45(38-11-7-6-8-12-38)49-46(60)40-14-9-13-39(30-40)41-15-10-18-56(34-41)43(58)32-48-31-37-17-19-51(4)42(57)29-37;17-14-6-5-10(7-11(14)9-20)8-15-12-3-1-2-4-13(12)16(21)19-18-15;1-3-4-5-6-2;1-2/h9,13-14,30,36-38,41,45,48H,5-8,10-12,15-29,31-35H2,1-4H3,(H,49,60);1-7,9H,8H2,(H,19,21);6H,3-5H2,1-2H3;1-2H3. The molecule has 0 bridgehead atoms. The highest BCUT2D eigenvalue weighted by Crippen LogP contribution is 2.30. The lowest BCUT2D eigenvalue weighted by Crippen LogP contribution is -2.57. The molecule has 4 N–H and O–H groups in total. The van der Waals surface area contributed by atoms with Gasteiger partial charge in [0.1, 0.15) is 11.9 Å². The van der Waals surface area contributed by atoms with E-state index in [1.807, 2.05) is 73.0 Å². The number of aldehydes is 1. The van der Waals surface area contributed by atoms with E-state index < -0.39 is 11.9 Å². The van der Waals surface area contributed by atoms with E-state index in [2.05, 4.69) is 74.7 Å². The molecule has 3 aromatic carbocycles. The maximum atomic E-state index is 14.3. The fourth-order valence-corrected chi connectivity index (χ4v) is 12.8. The molecule has 4 atom stereocenters. The van der Waals surface area contributed by atoms with E-state index in [0.717, 1.165) is 146 Å². The van der Waals surface area contributed by atoms with Gasteiger partial charge >= 0.3 is 0 Å². The second-order valence-corrected chi connectivity index (χ2v) is 25.2. The van der Waals surface area contributed by atoms with Crippen LogP contribution in [0.2, 0.25) is 0 Å². The third kappa shape index (κ3) is 22.4. The van der Waals surface area contributed by atoms with Gasteiger partial charge in [-0.15, -0.1) is 0 Å². The fourth-order valence-electron chi connectivity index (χ4n) is 12.8. The first kappa shape index (κ1) is 72.6. The number of fused-ring (bicyclic) bond motifs is 1. The van der Waals surface area contributed by atoms with Crippen LogP contribution in [0.15, 0.2) is 71.5 Å². The number of benzene rings is 3. The quantitative estimate of drug-likeness (QED) is 0.0426. The number of piperazine rings is 2. The molecular weight excluding hydrogens is 1140 g/mol. The second kappa shape index (κ2) is 38.4. The van der Waals surface area contributed by atoms with Gasteiger partial charge in [-0.25, -0.2) is 9.49 Å². The molecular formula is C70H107FN12O7. The van der Waals surface area contributed by atoms with E-state index in [1.54, 1.807) is 23.1 Å². The van der Waals surface area contributed by atoms with E-state index in [4.69, 9.17) is 0 Å². The lowest BCUT2D eigenvalue weighted by atomic mass is 9.83. The molecule has 0 spiro atoms. The topological polar surface area (TPSA) is 207 Å². The van der Waals surface area contributed by atoms with Crippen LogP contribution in [0.1, 0.15) is 155 Å². The Kier molecular flexibility index (Phi) is 31.0. The van der Waals surface area contributed by atoms with E-state index in [0.29, 0.717) is 74.4 Å². The van der Waals surface area contributed by atoms with E-state index in [-0.39, 0.29) is 65.0 Å². The number of hydrogen-bond donors (Lipinski definition) is 4. The molecule has 5 aliphatic rings. The van der Waals surface area contributed by atoms with Crippen molar-refractivity contribution in [2.45, 2.75) is 130 Å².